The summed E-state index contributed by atoms with van der Waals surface area (Å²) >= 11 is 0. The molecule has 0 aliphatic heterocycles. The predicted molar refractivity (Wildman–Crippen MR) is 134 cm³/mol. The number of hydrogen-bond donors (Lipinski definition) is 3. The molecule has 0 aromatic heterocycles. The predicted octanol–water partition coefficient (Wildman–Crippen LogP) is 6.19. The fourth-order valence-corrected chi connectivity index (χ4v) is 12.0. The molecule has 3 nitrogen and oxygen atoms in total. The van der Waals surface area contributed by atoms with Crippen LogP contribution in [0.4, 0.5) is 0 Å². The lowest BCUT2D eigenvalue weighted by molar-refractivity contribution is -0.292. The normalized spacial score (nSPS) is 58.1. The molecule has 11 atom stereocenters. The second kappa shape index (κ2) is 7.00. The molecule has 5 rings (SSSR count). The lowest BCUT2D eigenvalue weighted by atomic mass is 9.31. The fourth-order valence-electron chi connectivity index (χ4n) is 12.0. The van der Waals surface area contributed by atoms with E-state index < -0.39 is 5.60 Å². The van der Waals surface area contributed by atoms with Gasteiger partial charge in [0, 0.05) is 5.41 Å². The highest BCUT2D eigenvalue weighted by Gasteiger charge is 2.73. The second-order valence-corrected chi connectivity index (χ2v) is 15.6. The highest BCUT2D eigenvalue weighted by atomic mass is 16.3. The maximum Gasteiger partial charge on any atom is 0.0622 e. The zero-order valence-electron chi connectivity index (χ0n) is 22.7. The largest absolute Gasteiger partial charge is 0.393 e. The Morgan fingerprint density at radius 2 is 1.36 bits per heavy atom. The molecule has 190 valence electrons. The fraction of sp³-hybridized carbons (Fsp3) is 1.00. The Morgan fingerprint density at radius 1 is 0.727 bits per heavy atom. The number of fused-ring (bicyclic) bond motifs is 7. The molecular weight excluding hydrogens is 408 g/mol. The quantitative estimate of drug-likeness (QED) is 0.437. The third-order valence-corrected chi connectivity index (χ3v) is 13.7. The molecule has 0 spiro atoms. The molecule has 5 aliphatic carbocycles. The summed E-state index contributed by atoms with van der Waals surface area (Å²) in [7, 11) is 0. The summed E-state index contributed by atoms with van der Waals surface area (Å²) in [5, 5.41) is 34.5. The first-order chi connectivity index (χ1) is 15.0. The first kappa shape index (κ1) is 24.6. The van der Waals surface area contributed by atoms with Gasteiger partial charge in [-0.25, -0.2) is 0 Å². The van der Waals surface area contributed by atoms with Gasteiger partial charge in [0.1, 0.15) is 0 Å². The van der Waals surface area contributed by atoms with Crippen LogP contribution in [0.1, 0.15) is 113 Å². The maximum absolute atomic E-state index is 12.0. The van der Waals surface area contributed by atoms with E-state index in [1.165, 1.54) is 32.1 Å². The minimum absolute atomic E-state index is 0.0375. The molecule has 0 aromatic carbocycles. The van der Waals surface area contributed by atoms with Crippen molar-refractivity contribution in [1.82, 2.24) is 0 Å². The Morgan fingerprint density at radius 3 is 2.00 bits per heavy atom. The number of aliphatic hydroxyl groups excluding tert-OH is 2. The van der Waals surface area contributed by atoms with Crippen molar-refractivity contribution in [2.45, 2.75) is 131 Å². The summed E-state index contributed by atoms with van der Waals surface area (Å²) in [4.78, 5) is 0. The van der Waals surface area contributed by atoms with Gasteiger partial charge in [-0.3, -0.25) is 0 Å². The van der Waals surface area contributed by atoms with Crippen molar-refractivity contribution in [3.05, 3.63) is 0 Å². The molecule has 0 aromatic rings. The summed E-state index contributed by atoms with van der Waals surface area (Å²) in [6.07, 6.45) is 9.21. The molecule has 0 saturated heterocycles. The average molecular weight is 461 g/mol. The summed E-state index contributed by atoms with van der Waals surface area (Å²) in [5.41, 5.74) is -0.219. The molecule has 0 unspecified atom stereocenters. The monoisotopic (exact) mass is 460 g/mol. The van der Waals surface area contributed by atoms with Crippen LogP contribution in [0.2, 0.25) is 0 Å². The molecule has 33 heavy (non-hydrogen) atoms. The van der Waals surface area contributed by atoms with Gasteiger partial charge >= 0.3 is 0 Å². The van der Waals surface area contributed by atoms with Crippen molar-refractivity contribution in [2.24, 2.45) is 56.7 Å². The third-order valence-electron chi connectivity index (χ3n) is 13.7. The maximum atomic E-state index is 12.0. The lowest BCUT2D eigenvalue weighted by Gasteiger charge is -2.74. The van der Waals surface area contributed by atoms with Gasteiger partial charge in [0.25, 0.3) is 0 Å². The molecule has 0 radical (unpaired) electrons. The van der Waals surface area contributed by atoms with Crippen molar-refractivity contribution in [1.29, 1.82) is 0 Å². The zero-order valence-corrected chi connectivity index (χ0v) is 22.7. The number of hydrogen-bond acceptors (Lipinski definition) is 3. The van der Waals surface area contributed by atoms with Gasteiger partial charge in [-0.1, -0.05) is 41.5 Å². The lowest BCUT2D eigenvalue weighted by Crippen LogP contribution is -2.71. The van der Waals surface area contributed by atoms with Crippen molar-refractivity contribution in [2.75, 3.05) is 0 Å². The van der Waals surface area contributed by atoms with Crippen LogP contribution in [0.3, 0.4) is 0 Å². The minimum atomic E-state index is -0.626. The van der Waals surface area contributed by atoms with E-state index >= 15 is 0 Å². The van der Waals surface area contributed by atoms with Crippen LogP contribution in [-0.4, -0.2) is 33.1 Å². The molecule has 5 saturated carbocycles. The van der Waals surface area contributed by atoms with E-state index in [0.717, 1.165) is 25.7 Å². The average Bonchev–Trinajstić information content (AvgIpc) is 3.04. The molecule has 0 bridgehead atoms. The van der Waals surface area contributed by atoms with E-state index in [-0.39, 0.29) is 45.2 Å². The SMILES string of the molecule is CC(C)(O)[C@H]1CC[C@]2(C)[C@H]3C[C@@H](O)[C@@H]4[C@@]5(C)[C@@H](O)CCC(C)(C)[C@@H]5CC[C@@]4(C)[C@]3(C)CC[C@@H]12. The van der Waals surface area contributed by atoms with E-state index in [1.807, 2.05) is 13.8 Å². The Hall–Kier alpha value is -0.120. The number of rotatable bonds is 1. The summed E-state index contributed by atoms with van der Waals surface area (Å²) in [5.74, 6) is 2.03. The van der Waals surface area contributed by atoms with Crippen molar-refractivity contribution in [3.63, 3.8) is 0 Å². The van der Waals surface area contributed by atoms with Gasteiger partial charge in [-0.2, -0.15) is 0 Å². The van der Waals surface area contributed by atoms with Gasteiger partial charge < -0.3 is 15.3 Å². The van der Waals surface area contributed by atoms with Crippen molar-refractivity contribution >= 4 is 0 Å². The summed E-state index contributed by atoms with van der Waals surface area (Å²) in [6.45, 7) is 18.8. The molecular formula is C30H52O3. The summed E-state index contributed by atoms with van der Waals surface area (Å²) < 4.78 is 0. The Bertz CT molecular complexity index is 799. The van der Waals surface area contributed by atoms with Crippen LogP contribution in [-0.2, 0) is 0 Å². The van der Waals surface area contributed by atoms with Gasteiger partial charge in [0.15, 0.2) is 0 Å². The highest BCUT2D eigenvalue weighted by molar-refractivity contribution is 5.22. The van der Waals surface area contributed by atoms with E-state index in [1.54, 1.807) is 0 Å². The van der Waals surface area contributed by atoms with E-state index in [0.29, 0.717) is 23.7 Å². The third kappa shape index (κ3) is 2.91. The van der Waals surface area contributed by atoms with Crippen LogP contribution in [0.25, 0.3) is 0 Å². The van der Waals surface area contributed by atoms with E-state index in [9.17, 15) is 15.3 Å². The van der Waals surface area contributed by atoms with E-state index in [4.69, 9.17) is 0 Å². The molecule has 0 heterocycles. The van der Waals surface area contributed by atoms with Crippen molar-refractivity contribution < 1.29 is 15.3 Å². The van der Waals surface area contributed by atoms with Crippen LogP contribution in [0.5, 0.6) is 0 Å². The Kier molecular flexibility index (Phi) is 5.21. The zero-order chi connectivity index (χ0) is 24.4. The molecule has 3 N–H and O–H groups in total. The number of aliphatic hydroxyl groups is 3. The highest BCUT2D eigenvalue weighted by Crippen LogP contribution is 2.78. The molecule has 0 amide bonds. The Labute approximate surface area is 203 Å². The standard InChI is InChI=1S/C30H52O3/c1-25(2)13-12-23(32)30(8)21(25)11-16-29(7)24(30)20(31)17-22-27(5)14-9-18(26(3,4)33)19(27)10-15-28(22,29)6/h18-24,31-33H,9-17H2,1-8H3/t18-,19-,20+,21-,22+,23-,24-,27-,28+,29+,30+/m0/s1. The topological polar surface area (TPSA) is 60.7 Å². The summed E-state index contributed by atoms with van der Waals surface area (Å²) in [6, 6.07) is 0. The minimum Gasteiger partial charge on any atom is -0.393 e. The molecule has 5 fully saturated rings. The van der Waals surface area contributed by atoms with Gasteiger partial charge in [0.05, 0.1) is 17.8 Å². The van der Waals surface area contributed by atoms with Crippen LogP contribution < -0.4 is 0 Å². The smallest absolute Gasteiger partial charge is 0.0622 e. The van der Waals surface area contributed by atoms with Crippen LogP contribution >= 0.6 is 0 Å². The van der Waals surface area contributed by atoms with Gasteiger partial charge in [-0.05, 0) is 123 Å². The van der Waals surface area contributed by atoms with E-state index in [2.05, 4.69) is 41.5 Å². The van der Waals surface area contributed by atoms with Gasteiger partial charge in [0.2, 0.25) is 0 Å². The first-order valence-electron chi connectivity index (χ1n) is 14.1. The van der Waals surface area contributed by atoms with Crippen molar-refractivity contribution in [3.8, 4) is 0 Å². The van der Waals surface area contributed by atoms with Gasteiger partial charge in [-0.15, -0.1) is 0 Å². The second-order valence-electron chi connectivity index (χ2n) is 15.6. The van der Waals surface area contributed by atoms with Crippen LogP contribution in [0.15, 0.2) is 0 Å². The Balaban J connectivity index is 1.58. The molecule has 3 heteroatoms. The first-order valence-corrected chi connectivity index (χ1v) is 14.1. The van der Waals surface area contributed by atoms with Crippen LogP contribution in [0, 0.1) is 56.7 Å². The molecule has 5 aliphatic rings.